The molecule has 0 aliphatic heterocycles. The van der Waals surface area contributed by atoms with Crippen molar-refractivity contribution in [2.75, 3.05) is 7.05 Å². The minimum atomic E-state index is -3.39. The van der Waals surface area contributed by atoms with Gasteiger partial charge in [0.2, 0.25) is 10.0 Å². The lowest BCUT2D eigenvalue weighted by Gasteiger charge is -2.14. The Morgan fingerprint density at radius 2 is 2.06 bits per heavy atom. The third kappa shape index (κ3) is 1.98. The minimum absolute atomic E-state index is 0.112. The van der Waals surface area contributed by atoms with E-state index in [0.717, 1.165) is 25.7 Å². The van der Waals surface area contributed by atoms with Gasteiger partial charge < -0.3 is 9.67 Å². The molecule has 6 heteroatoms. The molecule has 3 rings (SSSR count). The van der Waals surface area contributed by atoms with E-state index in [1.165, 1.54) is 4.31 Å². The summed E-state index contributed by atoms with van der Waals surface area (Å²) in [4.78, 5) is 0.313. The summed E-state index contributed by atoms with van der Waals surface area (Å²) in [6, 6.07) is 2.14. The molecule has 0 bridgehead atoms. The van der Waals surface area contributed by atoms with E-state index in [4.69, 9.17) is 0 Å². The summed E-state index contributed by atoms with van der Waals surface area (Å²) in [6.45, 7) is -0.112. The quantitative estimate of drug-likeness (QED) is 0.871. The topological polar surface area (TPSA) is 62.5 Å². The lowest BCUT2D eigenvalue weighted by molar-refractivity contribution is 0.270. The van der Waals surface area contributed by atoms with Gasteiger partial charge in [0.25, 0.3) is 0 Å². The molecular weight excluding hydrogens is 252 g/mol. The van der Waals surface area contributed by atoms with Gasteiger partial charge in [0.15, 0.2) is 0 Å². The Morgan fingerprint density at radius 1 is 1.39 bits per heavy atom. The van der Waals surface area contributed by atoms with Gasteiger partial charge in [-0.2, -0.15) is 4.31 Å². The first-order valence-electron chi connectivity index (χ1n) is 6.33. The van der Waals surface area contributed by atoms with Crippen molar-refractivity contribution in [3.8, 4) is 0 Å². The summed E-state index contributed by atoms with van der Waals surface area (Å²) in [5.41, 5.74) is 0.695. The van der Waals surface area contributed by atoms with Crippen LogP contribution >= 0.6 is 0 Å². The second-order valence-corrected chi connectivity index (χ2v) is 7.21. The maximum atomic E-state index is 12.4. The summed E-state index contributed by atoms with van der Waals surface area (Å²) in [5.74, 6) is 0. The molecule has 0 unspecified atom stereocenters. The molecule has 1 aromatic heterocycles. The fourth-order valence-corrected chi connectivity index (χ4v) is 3.73. The Labute approximate surface area is 107 Å². The number of nitrogens with zero attached hydrogens (tertiary/aromatic N) is 2. The molecular formula is C12H18N2O3S. The second-order valence-electron chi connectivity index (χ2n) is 5.22. The second kappa shape index (κ2) is 4.08. The van der Waals surface area contributed by atoms with Crippen LogP contribution < -0.4 is 0 Å². The highest BCUT2D eigenvalue weighted by Crippen LogP contribution is 2.38. The average molecular weight is 270 g/mol. The molecule has 1 N–H and O–H groups in total. The molecule has 0 spiro atoms. The van der Waals surface area contributed by atoms with Gasteiger partial charge in [0.05, 0.1) is 6.61 Å². The Morgan fingerprint density at radius 3 is 2.56 bits per heavy atom. The van der Waals surface area contributed by atoms with Crippen LogP contribution in [0.5, 0.6) is 0 Å². The van der Waals surface area contributed by atoms with Crippen LogP contribution in [0.15, 0.2) is 17.2 Å². The molecule has 0 amide bonds. The first-order valence-corrected chi connectivity index (χ1v) is 7.77. The number of aliphatic hydroxyl groups is 1. The van der Waals surface area contributed by atoms with Crippen LogP contribution in [0.2, 0.25) is 0 Å². The van der Waals surface area contributed by atoms with Gasteiger partial charge in [-0.1, -0.05) is 0 Å². The monoisotopic (exact) mass is 270 g/mol. The Balaban J connectivity index is 1.95. The van der Waals surface area contributed by atoms with Gasteiger partial charge in [-0.25, -0.2) is 8.42 Å². The first kappa shape index (κ1) is 12.2. The van der Waals surface area contributed by atoms with Crippen molar-refractivity contribution in [1.82, 2.24) is 8.87 Å². The lowest BCUT2D eigenvalue weighted by atomic mass is 10.4. The van der Waals surface area contributed by atoms with Gasteiger partial charge >= 0.3 is 0 Å². The normalized spacial score (nSPS) is 20.6. The maximum absolute atomic E-state index is 12.4. The summed E-state index contributed by atoms with van der Waals surface area (Å²) >= 11 is 0. The van der Waals surface area contributed by atoms with Crippen LogP contribution in [0.1, 0.15) is 37.4 Å². The molecule has 2 aliphatic rings. The van der Waals surface area contributed by atoms with E-state index in [0.29, 0.717) is 16.6 Å². The zero-order valence-corrected chi connectivity index (χ0v) is 11.2. The molecule has 0 atom stereocenters. The van der Waals surface area contributed by atoms with Gasteiger partial charge in [0, 0.05) is 31.0 Å². The van der Waals surface area contributed by atoms with E-state index in [1.54, 1.807) is 19.3 Å². The van der Waals surface area contributed by atoms with Crippen molar-refractivity contribution >= 4 is 10.0 Å². The van der Waals surface area contributed by atoms with Crippen molar-refractivity contribution in [3.63, 3.8) is 0 Å². The molecule has 18 heavy (non-hydrogen) atoms. The van der Waals surface area contributed by atoms with Gasteiger partial charge in [-0.05, 0) is 31.7 Å². The first-order chi connectivity index (χ1) is 8.54. The number of hydrogen-bond donors (Lipinski definition) is 1. The fourth-order valence-electron chi connectivity index (χ4n) is 2.26. The van der Waals surface area contributed by atoms with E-state index in [2.05, 4.69) is 0 Å². The fraction of sp³-hybridized carbons (Fsp3) is 0.667. The maximum Gasteiger partial charge on any atom is 0.244 e. The predicted octanol–water partition coefficient (Wildman–Crippen LogP) is 1.10. The van der Waals surface area contributed by atoms with E-state index in [-0.39, 0.29) is 12.6 Å². The molecule has 5 nitrogen and oxygen atoms in total. The van der Waals surface area contributed by atoms with E-state index in [9.17, 15) is 13.5 Å². The van der Waals surface area contributed by atoms with Gasteiger partial charge in [0.1, 0.15) is 4.90 Å². The third-order valence-corrected chi connectivity index (χ3v) is 5.62. The van der Waals surface area contributed by atoms with E-state index < -0.39 is 10.0 Å². The minimum Gasteiger partial charge on any atom is -0.390 e. The summed E-state index contributed by atoms with van der Waals surface area (Å²) in [5, 5.41) is 9.31. The highest BCUT2D eigenvalue weighted by Gasteiger charge is 2.36. The van der Waals surface area contributed by atoms with Gasteiger partial charge in [-0.15, -0.1) is 0 Å². The number of aromatic nitrogens is 1. The predicted molar refractivity (Wildman–Crippen MR) is 66.6 cm³/mol. The number of aliphatic hydroxyl groups excluding tert-OH is 1. The summed E-state index contributed by atoms with van der Waals surface area (Å²) in [7, 11) is -1.75. The lowest BCUT2D eigenvalue weighted by Crippen LogP contribution is -2.28. The van der Waals surface area contributed by atoms with Crippen molar-refractivity contribution < 1.29 is 13.5 Å². The van der Waals surface area contributed by atoms with Gasteiger partial charge in [-0.3, -0.25) is 0 Å². The number of rotatable bonds is 5. The smallest absolute Gasteiger partial charge is 0.244 e. The zero-order chi connectivity index (χ0) is 12.9. The average Bonchev–Trinajstić information content (AvgIpc) is 3.24. The molecule has 2 aliphatic carbocycles. The highest BCUT2D eigenvalue weighted by molar-refractivity contribution is 7.89. The summed E-state index contributed by atoms with van der Waals surface area (Å²) < 4.78 is 28.1. The van der Waals surface area contributed by atoms with Crippen LogP contribution in [0.25, 0.3) is 0 Å². The molecule has 0 saturated heterocycles. The van der Waals surface area contributed by atoms with E-state index in [1.807, 2.05) is 4.57 Å². The molecule has 1 aromatic rings. The van der Waals surface area contributed by atoms with Crippen molar-refractivity contribution in [3.05, 3.63) is 18.0 Å². The number of hydrogen-bond acceptors (Lipinski definition) is 3. The Kier molecular flexibility index (Phi) is 2.76. The Bertz CT molecular complexity index is 556. The van der Waals surface area contributed by atoms with Crippen molar-refractivity contribution in [1.29, 1.82) is 0 Å². The molecule has 1 heterocycles. The van der Waals surface area contributed by atoms with Crippen LogP contribution in [-0.4, -0.2) is 35.5 Å². The molecule has 0 radical (unpaired) electrons. The standard InChI is InChI=1S/C12H18N2O3S/c1-13(9-2-3-9)18(16,17)12-6-11(8-15)14(7-12)10-4-5-10/h6-7,9-10,15H,2-5,8H2,1H3. The zero-order valence-electron chi connectivity index (χ0n) is 10.4. The molecule has 2 fully saturated rings. The van der Waals surface area contributed by atoms with Crippen LogP contribution in [0.4, 0.5) is 0 Å². The summed E-state index contributed by atoms with van der Waals surface area (Å²) in [6.07, 6.45) is 5.72. The van der Waals surface area contributed by atoms with Crippen molar-refractivity contribution in [2.24, 2.45) is 0 Å². The Hall–Kier alpha value is -0.850. The van der Waals surface area contributed by atoms with Crippen LogP contribution in [0.3, 0.4) is 0 Å². The highest BCUT2D eigenvalue weighted by atomic mass is 32.2. The van der Waals surface area contributed by atoms with Crippen LogP contribution in [-0.2, 0) is 16.6 Å². The molecule has 100 valence electrons. The molecule has 0 aromatic carbocycles. The van der Waals surface area contributed by atoms with Crippen LogP contribution in [0, 0.1) is 0 Å². The number of sulfonamides is 1. The van der Waals surface area contributed by atoms with Crippen molar-refractivity contribution in [2.45, 2.75) is 49.3 Å². The SMILES string of the molecule is CN(C1CC1)S(=O)(=O)c1cc(CO)n(C2CC2)c1. The van der Waals surface area contributed by atoms with E-state index >= 15 is 0 Å². The third-order valence-electron chi connectivity index (χ3n) is 3.75. The molecule has 2 saturated carbocycles. The largest absolute Gasteiger partial charge is 0.390 e.